The monoisotopic (exact) mass is 820 g/mol. The van der Waals surface area contributed by atoms with Crippen LogP contribution in [0.25, 0.3) is 71.3 Å². The lowest BCUT2D eigenvalue weighted by Gasteiger charge is -2.35. The Balaban J connectivity index is 0.922. The van der Waals surface area contributed by atoms with Crippen molar-refractivity contribution in [2.75, 3.05) is 4.90 Å². The number of anilines is 2. The average Bonchev–Trinajstić information content (AvgIpc) is 3.87. The number of aromatic nitrogens is 1. The Kier molecular flexibility index (Phi) is 7.86. The summed E-state index contributed by atoms with van der Waals surface area (Å²) in [4.78, 5) is 2.52. The highest BCUT2D eigenvalue weighted by molar-refractivity contribution is 6.10. The van der Waals surface area contributed by atoms with Gasteiger partial charge >= 0.3 is 0 Å². The summed E-state index contributed by atoms with van der Waals surface area (Å²) in [5.74, 6) is 0.713. The van der Waals surface area contributed by atoms with E-state index in [1.807, 2.05) is 0 Å². The Morgan fingerprint density at radius 3 is 1.94 bits per heavy atom. The number of para-hydroxylation sites is 2. The van der Waals surface area contributed by atoms with Crippen molar-refractivity contribution in [1.82, 2.24) is 4.57 Å². The molecule has 2 heteroatoms. The van der Waals surface area contributed by atoms with E-state index in [0.29, 0.717) is 11.8 Å². The zero-order chi connectivity index (χ0) is 42.9. The topological polar surface area (TPSA) is 8.17 Å². The Hall–Kier alpha value is -7.42. The van der Waals surface area contributed by atoms with Gasteiger partial charge in [-0.15, -0.1) is 0 Å². The second kappa shape index (κ2) is 13.5. The van der Waals surface area contributed by atoms with Crippen molar-refractivity contribution in [3.8, 4) is 27.9 Å². The number of hydrogen-bond acceptors (Lipinski definition) is 1. The quantitative estimate of drug-likeness (QED) is 0.157. The summed E-state index contributed by atoms with van der Waals surface area (Å²) in [7, 11) is 0. The van der Waals surface area contributed by atoms with E-state index >= 15 is 0 Å². The zero-order valence-corrected chi connectivity index (χ0v) is 36.7. The Bertz CT molecular complexity index is 3630. The van der Waals surface area contributed by atoms with Crippen molar-refractivity contribution in [3.63, 3.8) is 0 Å². The molecule has 13 rings (SSSR count). The molecule has 0 saturated heterocycles. The van der Waals surface area contributed by atoms with Crippen LogP contribution < -0.4 is 4.90 Å². The van der Waals surface area contributed by atoms with Gasteiger partial charge in [-0.05, 0) is 156 Å². The van der Waals surface area contributed by atoms with Gasteiger partial charge in [-0.1, -0.05) is 155 Å². The molecule has 0 amide bonds. The molecule has 2 atom stereocenters. The average molecular weight is 821 g/mol. The molecule has 0 bridgehead atoms. The van der Waals surface area contributed by atoms with Crippen LogP contribution in [-0.2, 0) is 10.8 Å². The molecule has 9 aromatic carbocycles. The minimum absolute atomic E-state index is 0.00795. The summed E-state index contributed by atoms with van der Waals surface area (Å²) in [6.07, 6.45) is 7.43. The molecule has 2 nitrogen and oxygen atoms in total. The molecule has 0 aliphatic heterocycles. The van der Waals surface area contributed by atoms with Crippen LogP contribution in [0.15, 0.2) is 212 Å². The van der Waals surface area contributed by atoms with Gasteiger partial charge in [0.1, 0.15) is 0 Å². The first-order chi connectivity index (χ1) is 31.2. The molecule has 3 aliphatic rings. The molecule has 1 aromatic heterocycles. The molecule has 0 fully saturated rings. The van der Waals surface area contributed by atoms with Crippen molar-refractivity contribution in [2.24, 2.45) is 5.92 Å². The van der Waals surface area contributed by atoms with E-state index < -0.39 is 0 Å². The van der Waals surface area contributed by atoms with Crippen molar-refractivity contribution < 1.29 is 0 Å². The highest BCUT2D eigenvalue weighted by Crippen LogP contribution is 2.55. The van der Waals surface area contributed by atoms with E-state index in [0.717, 1.165) is 0 Å². The molecule has 0 N–H and O–H groups in total. The van der Waals surface area contributed by atoms with Gasteiger partial charge in [-0.2, -0.15) is 0 Å². The van der Waals surface area contributed by atoms with E-state index in [4.69, 9.17) is 0 Å². The number of fused-ring (bicyclic) bond motifs is 11. The summed E-state index contributed by atoms with van der Waals surface area (Å²) < 4.78 is 2.39. The number of allylic oxidation sites excluding steroid dienone is 3. The smallest absolute Gasteiger partial charge is 0.0541 e. The lowest BCUT2D eigenvalue weighted by molar-refractivity contribution is 0.392. The van der Waals surface area contributed by atoms with E-state index in [9.17, 15) is 0 Å². The third-order valence-corrected chi connectivity index (χ3v) is 15.2. The summed E-state index contributed by atoms with van der Waals surface area (Å²) in [5, 5.41) is 7.58. The molecule has 0 radical (unpaired) electrons. The van der Waals surface area contributed by atoms with Crippen molar-refractivity contribution >= 4 is 54.7 Å². The largest absolute Gasteiger partial charge is 0.311 e. The SMILES string of the molecule is CC1(C)c2cc(-c3ccc4c(c3)c3ccccc3n4-c3ccccc3)ccc2-c2ccc(N(C3=CC4C(C=C3)c3ccccc3C4(C)C)c3ccc4cc5ccccc5cc4c3)cc21. The van der Waals surface area contributed by atoms with Gasteiger partial charge in [0.05, 0.1) is 11.0 Å². The Labute approximate surface area is 375 Å². The lowest BCUT2D eigenvalue weighted by atomic mass is 9.74. The standard InChI is InChI=1S/C62H48N2/c1-61(2)55-20-12-10-18-49(55)51-29-26-47(37-57(51)61)63(46-25-22-41-32-39-14-8-9-15-40(39)33-44(41)34-46)48-27-30-52-50-28-23-43(36-56(50)62(3,4)58(52)38-48)42-24-31-60-54(35-42)53-19-11-13-21-59(53)64(60)45-16-6-5-7-17-45/h5-38,51,57H,1-4H3. The van der Waals surface area contributed by atoms with Gasteiger partial charge in [-0.25, -0.2) is 0 Å². The van der Waals surface area contributed by atoms with E-state index in [1.54, 1.807) is 0 Å². The fourth-order valence-corrected chi connectivity index (χ4v) is 11.9. The van der Waals surface area contributed by atoms with Crippen molar-refractivity contribution in [2.45, 2.75) is 44.4 Å². The first-order valence-corrected chi connectivity index (χ1v) is 22.8. The highest BCUT2D eigenvalue weighted by Gasteiger charge is 2.45. The van der Waals surface area contributed by atoms with E-state index in [2.05, 4.69) is 243 Å². The maximum Gasteiger partial charge on any atom is 0.0541 e. The molecule has 2 unspecified atom stereocenters. The maximum atomic E-state index is 2.57. The van der Waals surface area contributed by atoms with Gasteiger partial charge < -0.3 is 9.47 Å². The van der Waals surface area contributed by atoms with E-state index in [1.165, 1.54) is 111 Å². The van der Waals surface area contributed by atoms with Crippen LogP contribution in [0.4, 0.5) is 11.4 Å². The minimum Gasteiger partial charge on any atom is -0.311 e. The Morgan fingerprint density at radius 2 is 1.09 bits per heavy atom. The second-order valence-electron chi connectivity index (χ2n) is 19.4. The second-order valence-corrected chi connectivity index (χ2v) is 19.4. The third-order valence-electron chi connectivity index (χ3n) is 15.2. The van der Waals surface area contributed by atoms with Crippen LogP contribution in [-0.4, -0.2) is 4.57 Å². The molecule has 306 valence electrons. The summed E-state index contributed by atoms with van der Waals surface area (Å²) in [6.45, 7) is 9.69. The third kappa shape index (κ3) is 5.38. The molecule has 1 heterocycles. The fourth-order valence-electron chi connectivity index (χ4n) is 11.9. The van der Waals surface area contributed by atoms with Crippen LogP contribution in [0.3, 0.4) is 0 Å². The summed E-state index contributed by atoms with van der Waals surface area (Å²) in [5.41, 5.74) is 17.8. The first kappa shape index (κ1) is 37.2. The minimum atomic E-state index is -0.213. The first-order valence-electron chi connectivity index (χ1n) is 22.8. The van der Waals surface area contributed by atoms with Gasteiger partial charge in [-0.3, -0.25) is 0 Å². The molecule has 0 spiro atoms. The summed E-state index contributed by atoms with van der Waals surface area (Å²) in [6, 6.07) is 70.4. The molecular formula is C62H48N2. The number of hydrogen-bond donors (Lipinski definition) is 0. The van der Waals surface area contributed by atoms with Gasteiger partial charge in [0.2, 0.25) is 0 Å². The predicted octanol–water partition coefficient (Wildman–Crippen LogP) is 16.3. The normalized spacial score (nSPS) is 17.7. The predicted molar refractivity (Wildman–Crippen MR) is 270 cm³/mol. The van der Waals surface area contributed by atoms with Crippen LogP contribution in [0.5, 0.6) is 0 Å². The van der Waals surface area contributed by atoms with Crippen LogP contribution in [0, 0.1) is 5.92 Å². The number of benzene rings is 9. The van der Waals surface area contributed by atoms with Crippen molar-refractivity contribution in [3.05, 3.63) is 234 Å². The molecular weight excluding hydrogens is 773 g/mol. The molecule has 0 saturated carbocycles. The maximum absolute atomic E-state index is 2.57. The van der Waals surface area contributed by atoms with Gasteiger partial charge in [0.25, 0.3) is 0 Å². The molecule has 64 heavy (non-hydrogen) atoms. The van der Waals surface area contributed by atoms with Crippen LogP contribution >= 0.6 is 0 Å². The number of nitrogens with zero attached hydrogens (tertiary/aromatic N) is 2. The van der Waals surface area contributed by atoms with Gasteiger partial charge in [0, 0.05) is 44.9 Å². The fraction of sp³-hybridized carbons (Fsp3) is 0.129. The summed E-state index contributed by atoms with van der Waals surface area (Å²) >= 11 is 0. The zero-order valence-electron chi connectivity index (χ0n) is 36.7. The van der Waals surface area contributed by atoms with Gasteiger partial charge in [0.15, 0.2) is 0 Å². The van der Waals surface area contributed by atoms with Crippen LogP contribution in [0.1, 0.15) is 55.9 Å². The number of rotatable bonds is 5. The van der Waals surface area contributed by atoms with E-state index in [-0.39, 0.29) is 10.8 Å². The van der Waals surface area contributed by atoms with Crippen molar-refractivity contribution in [1.29, 1.82) is 0 Å². The Morgan fingerprint density at radius 1 is 0.469 bits per heavy atom. The lowest BCUT2D eigenvalue weighted by Crippen LogP contribution is -2.28. The van der Waals surface area contributed by atoms with Crippen LogP contribution in [0.2, 0.25) is 0 Å². The molecule has 3 aliphatic carbocycles. The molecule has 10 aromatic rings. The highest BCUT2D eigenvalue weighted by atomic mass is 15.1.